The first-order valence-corrected chi connectivity index (χ1v) is 7.26. The lowest BCUT2D eigenvalue weighted by Crippen LogP contribution is -2.28. The second kappa shape index (κ2) is 5.57. The van der Waals surface area contributed by atoms with E-state index in [4.69, 9.17) is 10.3 Å². The molecule has 3 nitrogen and oxygen atoms in total. The molecule has 0 fully saturated rings. The highest BCUT2D eigenvalue weighted by Crippen LogP contribution is 2.28. The lowest BCUT2D eigenvalue weighted by atomic mass is 10.00. The summed E-state index contributed by atoms with van der Waals surface area (Å²) in [5.41, 5.74) is 6.30. The Morgan fingerprint density at radius 1 is 1.26 bits per heavy atom. The van der Waals surface area contributed by atoms with Crippen LogP contribution >= 0.6 is 11.3 Å². The monoisotopic (exact) mass is 272 g/mol. The molecule has 3 aromatic rings. The first-order chi connectivity index (χ1) is 9.38. The van der Waals surface area contributed by atoms with Gasteiger partial charge in [0.05, 0.1) is 12.3 Å². The molecule has 0 spiro atoms. The first kappa shape index (κ1) is 12.4. The normalized spacial score (nSPS) is 12.9. The molecule has 1 aromatic carbocycles. The average Bonchev–Trinajstić information content (AvgIpc) is 3.09. The van der Waals surface area contributed by atoms with Gasteiger partial charge in [-0.05, 0) is 41.3 Å². The Hall–Kier alpha value is -1.62. The molecule has 19 heavy (non-hydrogen) atoms. The SMILES string of the molecule is NNC(CCc1ccsc1)c1coc2ccccc12. The lowest BCUT2D eigenvalue weighted by molar-refractivity contribution is 0.507. The van der Waals surface area contributed by atoms with E-state index in [2.05, 4.69) is 28.3 Å². The molecule has 98 valence electrons. The third-order valence-corrected chi connectivity index (χ3v) is 4.12. The summed E-state index contributed by atoms with van der Waals surface area (Å²) in [4.78, 5) is 0. The van der Waals surface area contributed by atoms with Crippen LogP contribution in [-0.4, -0.2) is 0 Å². The molecular formula is C15H16N2OS. The van der Waals surface area contributed by atoms with Crippen molar-refractivity contribution in [1.82, 2.24) is 5.43 Å². The number of benzene rings is 1. The third kappa shape index (κ3) is 2.56. The molecule has 3 N–H and O–H groups in total. The Labute approximate surface area is 116 Å². The smallest absolute Gasteiger partial charge is 0.134 e. The summed E-state index contributed by atoms with van der Waals surface area (Å²) in [7, 11) is 0. The Morgan fingerprint density at radius 3 is 2.95 bits per heavy atom. The molecule has 4 heteroatoms. The van der Waals surface area contributed by atoms with Crippen LogP contribution in [0.2, 0.25) is 0 Å². The fraction of sp³-hybridized carbons (Fsp3) is 0.200. The molecule has 0 radical (unpaired) electrons. The minimum Gasteiger partial charge on any atom is -0.464 e. The van der Waals surface area contributed by atoms with E-state index in [9.17, 15) is 0 Å². The second-order valence-electron chi connectivity index (χ2n) is 4.58. The fourth-order valence-electron chi connectivity index (χ4n) is 2.34. The summed E-state index contributed by atoms with van der Waals surface area (Å²) in [6.07, 6.45) is 3.78. The van der Waals surface area contributed by atoms with Gasteiger partial charge in [-0.2, -0.15) is 11.3 Å². The van der Waals surface area contributed by atoms with Gasteiger partial charge in [-0.15, -0.1) is 0 Å². The van der Waals surface area contributed by atoms with Crippen molar-refractivity contribution in [2.75, 3.05) is 0 Å². The van der Waals surface area contributed by atoms with Crippen molar-refractivity contribution in [1.29, 1.82) is 0 Å². The van der Waals surface area contributed by atoms with E-state index in [1.165, 1.54) is 5.56 Å². The van der Waals surface area contributed by atoms with Crippen LogP contribution in [0, 0.1) is 0 Å². The van der Waals surface area contributed by atoms with Gasteiger partial charge in [0.15, 0.2) is 0 Å². The van der Waals surface area contributed by atoms with Gasteiger partial charge in [-0.25, -0.2) is 0 Å². The molecule has 0 amide bonds. The summed E-state index contributed by atoms with van der Waals surface area (Å²) in [6, 6.07) is 10.3. The topological polar surface area (TPSA) is 51.2 Å². The van der Waals surface area contributed by atoms with E-state index in [0.717, 1.165) is 29.4 Å². The van der Waals surface area contributed by atoms with Crippen molar-refractivity contribution >= 4 is 22.3 Å². The summed E-state index contributed by atoms with van der Waals surface area (Å²) in [6.45, 7) is 0. The summed E-state index contributed by atoms with van der Waals surface area (Å²) in [5, 5.41) is 5.42. The number of aryl methyl sites for hydroxylation is 1. The van der Waals surface area contributed by atoms with E-state index in [1.54, 1.807) is 11.3 Å². The van der Waals surface area contributed by atoms with Crippen LogP contribution in [0.15, 0.2) is 51.8 Å². The van der Waals surface area contributed by atoms with Crippen LogP contribution in [0.1, 0.15) is 23.6 Å². The third-order valence-electron chi connectivity index (χ3n) is 3.39. The molecule has 1 unspecified atom stereocenters. The number of hydrazine groups is 1. The second-order valence-corrected chi connectivity index (χ2v) is 5.36. The highest BCUT2D eigenvalue weighted by atomic mass is 32.1. The maximum Gasteiger partial charge on any atom is 0.134 e. The maximum atomic E-state index is 5.71. The van der Waals surface area contributed by atoms with E-state index in [0.29, 0.717) is 0 Å². The van der Waals surface area contributed by atoms with Crippen molar-refractivity contribution < 1.29 is 4.42 Å². The number of hydrogen-bond acceptors (Lipinski definition) is 4. The minimum absolute atomic E-state index is 0.114. The molecule has 2 aromatic heterocycles. The van der Waals surface area contributed by atoms with E-state index >= 15 is 0 Å². The Morgan fingerprint density at radius 2 is 2.16 bits per heavy atom. The number of para-hydroxylation sites is 1. The lowest BCUT2D eigenvalue weighted by Gasteiger charge is -2.14. The number of thiophene rings is 1. The molecule has 3 rings (SSSR count). The van der Waals surface area contributed by atoms with Gasteiger partial charge < -0.3 is 4.42 Å². The van der Waals surface area contributed by atoms with Gasteiger partial charge in [0.1, 0.15) is 5.58 Å². The fourth-order valence-corrected chi connectivity index (χ4v) is 3.05. The Balaban J connectivity index is 1.81. The number of nitrogens with one attached hydrogen (secondary N) is 1. The molecule has 0 aliphatic carbocycles. The predicted octanol–water partition coefficient (Wildman–Crippen LogP) is 3.63. The highest BCUT2D eigenvalue weighted by molar-refractivity contribution is 7.07. The Bertz CT molecular complexity index is 645. The minimum atomic E-state index is 0.114. The first-order valence-electron chi connectivity index (χ1n) is 6.32. The van der Waals surface area contributed by atoms with Crippen molar-refractivity contribution in [3.05, 3.63) is 58.5 Å². The largest absolute Gasteiger partial charge is 0.464 e. The number of fused-ring (bicyclic) bond motifs is 1. The van der Waals surface area contributed by atoms with E-state index in [1.807, 2.05) is 24.5 Å². The molecule has 0 saturated heterocycles. The molecule has 0 bridgehead atoms. The average molecular weight is 272 g/mol. The van der Waals surface area contributed by atoms with Gasteiger partial charge in [0.2, 0.25) is 0 Å². The van der Waals surface area contributed by atoms with E-state index in [-0.39, 0.29) is 6.04 Å². The molecule has 2 heterocycles. The Kier molecular flexibility index (Phi) is 3.64. The highest BCUT2D eigenvalue weighted by Gasteiger charge is 2.15. The summed E-state index contributed by atoms with van der Waals surface area (Å²) >= 11 is 1.73. The van der Waals surface area contributed by atoms with Gasteiger partial charge in [-0.3, -0.25) is 11.3 Å². The van der Waals surface area contributed by atoms with Gasteiger partial charge in [0.25, 0.3) is 0 Å². The van der Waals surface area contributed by atoms with Crippen LogP contribution in [-0.2, 0) is 6.42 Å². The predicted molar refractivity (Wildman–Crippen MR) is 78.9 cm³/mol. The molecule has 0 aliphatic heterocycles. The number of furan rings is 1. The number of hydrogen-bond donors (Lipinski definition) is 2. The molecule has 1 atom stereocenters. The van der Waals surface area contributed by atoms with Crippen molar-refractivity contribution in [3.63, 3.8) is 0 Å². The van der Waals surface area contributed by atoms with Gasteiger partial charge >= 0.3 is 0 Å². The van der Waals surface area contributed by atoms with Crippen LogP contribution in [0.25, 0.3) is 11.0 Å². The van der Waals surface area contributed by atoms with Gasteiger partial charge in [-0.1, -0.05) is 18.2 Å². The standard InChI is InChI=1S/C15H16N2OS/c16-17-14(6-5-11-7-8-19-10-11)13-9-18-15-4-2-1-3-12(13)15/h1-4,7-10,14,17H,5-6,16H2. The van der Waals surface area contributed by atoms with Crippen LogP contribution in [0.3, 0.4) is 0 Å². The van der Waals surface area contributed by atoms with Crippen LogP contribution in [0.5, 0.6) is 0 Å². The zero-order valence-electron chi connectivity index (χ0n) is 10.5. The van der Waals surface area contributed by atoms with E-state index < -0.39 is 0 Å². The number of nitrogens with two attached hydrogens (primary N) is 1. The zero-order chi connectivity index (χ0) is 13.1. The van der Waals surface area contributed by atoms with Crippen molar-refractivity contribution in [2.45, 2.75) is 18.9 Å². The van der Waals surface area contributed by atoms with Gasteiger partial charge in [0, 0.05) is 10.9 Å². The maximum absolute atomic E-state index is 5.71. The van der Waals surface area contributed by atoms with Crippen molar-refractivity contribution in [3.8, 4) is 0 Å². The summed E-state index contributed by atoms with van der Waals surface area (Å²) < 4.78 is 5.58. The molecular weight excluding hydrogens is 256 g/mol. The van der Waals surface area contributed by atoms with Crippen molar-refractivity contribution in [2.24, 2.45) is 5.84 Å². The summed E-state index contributed by atoms with van der Waals surface area (Å²) in [5.74, 6) is 5.71. The van der Waals surface area contributed by atoms with Crippen LogP contribution in [0.4, 0.5) is 0 Å². The molecule has 0 saturated carbocycles. The van der Waals surface area contributed by atoms with Crippen LogP contribution < -0.4 is 11.3 Å². The molecule has 0 aliphatic rings. The number of rotatable bonds is 5. The zero-order valence-corrected chi connectivity index (χ0v) is 11.3. The quantitative estimate of drug-likeness (QED) is 0.551.